The summed E-state index contributed by atoms with van der Waals surface area (Å²) in [5.41, 5.74) is -1.48. The molecule has 0 rings (SSSR count). The second-order valence-electron chi connectivity index (χ2n) is 6.96. The van der Waals surface area contributed by atoms with Crippen LogP contribution in [0.15, 0.2) is 0 Å². The van der Waals surface area contributed by atoms with Gasteiger partial charge in [-0.3, -0.25) is 4.79 Å². The molecule has 0 aromatic carbocycles. The van der Waals surface area contributed by atoms with Gasteiger partial charge in [0.15, 0.2) is 0 Å². The van der Waals surface area contributed by atoms with E-state index in [4.69, 9.17) is 14.6 Å². The minimum absolute atomic E-state index is 0.0174. The molecule has 0 aromatic heterocycles. The van der Waals surface area contributed by atoms with E-state index in [9.17, 15) is 14.4 Å². The summed E-state index contributed by atoms with van der Waals surface area (Å²) in [6.07, 6.45) is -0.882. The Morgan fingerprint density at radius 1 is 0.864 bits per heavy atom. The van der Waals surface area contributed by atoms with Crippen molar-refractivity contribution < 1.29 is 29.0 Å². The van der Waals surface area contributed by atoms with Gasteiger partial charge in [0.25, 0.3) is 0 Å². The van der Waals surface area contributed by atoms with Crippen LogP contribution in [0.25, 0.3) is 0 Å². The first-order chi connectivity index (χ1) is 9.82. The number of carboxylic acid groups (broad SMARTS) is 1. The van der Waals surface area contributed by atoms with Gasteiger partial charge in [-0.05, 0) is 54.4 Å². The molecule has 0 heterocycles. The summed E-state index contributed by atoms with van der Waals surface area (Å²) >= 11 is 0. The zero-order chi connectivity index (χ0) is 17.6. The fraction of sp³-hybridized carbons (Fsp3) is 0.800. The monoisotopic (exact) mass is 317 g/mol. The van der Waals surface area contributed by atoms with Crippen LogP contribution in [0.5, 0.6) is 0 Å². The molecular weight excluding hydrogens is 290 g/mol. The summed E-state index contributed by atoms with van der Waals surface area (Å²) in [5.74, 6) is -0.916. The SMILES string of the molecule is CC(C)(C)OC(=O)N(CCCCC(=O)O)C(=O)OC(C)(C)C. The average molecular weight is 317 g/mol. The summed E-state index contributed by atoms with van der Waals surface area (Å²) in [7, 11) is 0. The highest BCUT2D eigenvalue weighted by Gasteiger charge is 2.30. The van der Waals surface area contributed by atoms with E-state index in [-0.39, 0.29) is 13.0 Å². The van der Waals surface area contributed by atoms with Crippen LogP contribution in [0.4, 0.5) is 9.59 Å². The molecule has 0 saturated heterocycles. The first kappa shape index (κ1) is 20.2. The number of aliphatic carboxylic acids is 1. The lowest BCUT2D eigenvalue weighted by Crippen LogP contribution is -2.44. The normalized spacial score (nSPS) is 11.7. The number of nitrogens with zero attached hydrogens (tertiary/aromatic N) is 1. The molecule has 0 atom stereocenters. The number of ether oxygens (including phenoxy) is 2. The van der Waals surface area contributed by atoms with E-state index in [0.717, 1.165) is 4.90 Å². The van der Waals surface area contributed by atoms with E-state index < -0.39 is 29.4 Å². The third-order valence-corrected chi connectivity index (χ3v) is 2.25. The zero-order valence-electron chi connectivity index (χ0n) is 14.3. The Balaban J connectivity index is 4.79. The van der Waals surface area contributed by atoms with Crippen LogP contribution < -0.4 is 0 Å². The first-order valence-electron chi connectivity index (χ1n) is 7.27. The molecule has 0 radical (unpaired) electrons. The quantitative estimate of drug-likeness (QED) is 0.781. The predicted octanol–water partition coefficient (Wildman–Crippen LogP) is 3.41. The Labute approximate surface area is 131 Å². The lowest BCUT2D eigenvalue weighted by atomic mass is 10.2. The average Bonchev–Trinajstić information content (AvgIpc) is 2.22. The van der Waals surface area contributed by atoms with Crippen molar-refractivity contribution >= 4 is 18.2 Å². The second-order valence-corrected chi connectivity index (χ2v) is 6.96. The summed E-state index contributed by atoms with van der Waals surface area (Å²) < 4.78 is 10.4. The van der Waals surface area contributed by atoms with Gasteiger partial charge in [0.1, 0.15) is 11.2 Å². The molecule has 0 aliphatic rings. The van der Waals surface area contributed by atoms with Crippen molar-refractivity contribution in [1.82, 2.24) is 4.90 Å². The van der Waals surface area contributed by atoms with Gasteiger partial charge in [0.05, 0.1) is 0 Å². The predicted molar refractivity (Wildman–Crippen MR) is 80.7 cm³/mol. The maximum Gasteiger partial charge on any atom is 0.419 e. The number of carboxylic acids is 1. The van der Waals surface area contributed by atoms with Crippen molar-refractivity contribution in [1.29, 1.82) is 0 Å². The topological polar surface area (TPSA) is 93.1 Å². The van der Waals surface area contributed by atoms with Crippen molar-refractivity contribution in [3.63, 3.8) is 0 Å². The molecule has 128 valence electrons. The third-order valence-electron chi connectivity index (χ3n) is 2.25. The highest BCUT2D eigenvalue weighted by atomic mass is 16.6. The molecule has 0 fully saturated rings. The van der Waals surface area contributed by atoms with Gasteiger partial charge >= 0.3 is 18.2 Å². The molecule has 1 N–H and O–H groups in total. The largest absolute Gasteiger partial charge is 0.481 e. The molecule has 0 aliphatic heterocycles. The summed E-state index contributed by atoms with van der Waals surface area (Å²) in [4.78, 5) is 35.6. The summed E-state index contributed by atoms with van der Waals surface area (Å²) in [6, 6.07) is 0. The number of hydrogen-bond acceptors (Lipinski definition) is 5. The number of rotatable bonds is 5. The van der Waals surface area contributed by atoms with Crippen molar-refractivity contribution in [2.24, 2.45) is 0 Å². The van der Waals surface area contributed by atoms with Crippen LogP contribution in [-0.4, -0.2) is 45.9 Å². The molecular formula is C15H27NO6. The molecule has 0 unspecified atom stereocenters. The molecule has 0 aliphatic carbocycles. The van der Waals surface area contributed by atoms with E-state index in [1.807, 2.05) is 0 Å². The molecule has 7 heteroatoms. The number of amides is 2. The fourth-order valence-corrected chi connectivity index (χ4v) is 1.44. The summed E-state index contributed by atoms with van der Waals surface area (Å²) in [5, 5.41) is 8.61. The number of hydrogen-bond donors (Lipinski definition) is 1. The number of imide groups is 1. The van der Waals surface area contributed by atoms with Crippen molar-refractivity contribution in [3.05, 3.63) is 0 Å². The van der Waals surface area contributed by atoms with Gasteiger partial charge in [0, 0.05) is 13.0 Å². The Hall–Kier alpha value is -1.79. The molecule has 22 heavy (non-hydrogen) atoms. The first-order valence-corrected chi connectivity index (χ1v) is 7.27. The molecule has 0 bridgehead atoms. The zero-order valence-corrected chi connectivity index (χ0v) is 14.3. The minimum Gasteiger partial charge on any atom is -0.481 e. The maximum atomic E-state index is 12.1. The van der Waals surface area contributed by atoms with Crippen LogP contribution >= 0.6 is 0 Å². The summed E-state index contributed by atoms with van der Waals surface area (Å²) in [6.45, 7) is 10.2. The van der Waals surface area contributed by atoms with Crippen LogP contribution in [0.3, 0.4) is 0 Å². The Morgan fingerprint density at radius 2 is 1.27 bits per heavy atom. The van der Waals surface area contributed by atoms with Crippen molar-refractivity contribution in [2.75, 3.05) is 6.54 Å². The van der Waals surface area contributed by atoms with Crippen LogP contribution in [-0.2, 0) is 14.3 Å². The highest BCUT2D eigenvalue weighted by Crippen LogP contribution is 2.15. The minimum atomic E-state index is -0.916. The van der Waals surface area contributed by atoms with Gasteiger partial charge < -0.3 is 14.6 Å². The second kappa shape index (κ2) is 8.00. The number of unbranched alkanes of at least 4 members (excludes halogenated alkanes) is 1. The number of carbonyl (C=O) groups excluding carboxylic acids is 2. The van der Waals surface area contributed by atoms with Crippen LogP contribution in [0.1, 0.15) is 60.8 Å². The van der Waals surface area contributed by atoms with Gasteiger partial charge in [0.2, 0.25) is 0 Å². The smallest absolute Gasteiger partial charge is 0.419 e. The van der Waals surface area contributed by atoms with Crippen molar-refractivity contribution in [2.45, 2.75) is 72.0 Å². The Morgan fingerprint density at radius 3 is 1.59 bits per heavy atom. The maximum absolute atomic E-state index is 12.1. The molecule has 0 saturated carbocycles. The molecule has 0 spiro atoms. The highest BCUT2D eigenvalue weighted by molar-refractivity contribution is 5.88. The molecule has 2 amide bonds. The van der Waals surface area contributed by atoms with Crippen LogP contribution in [0.2, 0.25) is 0 Å². The van der Waals surface area contributed by atoms with E-state index in [2.05, 4.69) is 0 Å². The number of carbonyl (C=O) groups is 3. The Kier molecular flexibility index (Phi) is 7.35. The van der Waals surface area contributed by atoms with Crippen molar-refractivity contribution in [3.8, 4) is 0 Å². The van der Waals surface area contributed by atoms with E-state index in [0.29, 0.717) is 12.8 Å². The van der Waals surface area contributed by atoms with Gasteiger partial charge in [-0.1, -0.05) is 0 Å². The van der Waals surface area contributed by atoms with Gasteiger partial charge in [-0.15, -0.1) is 0 Å². The van der Waals surface area contributed by atoms with E-state index in [1.165, 1.54) is 0 Å². The van der Waals surface area contributed by atoms with Gasteiger partial charge in [-0.2, -0.15) is 0 Å². The molecule has 0 aromatic rings. The van der Waals surface area contributed by atoms with E-state index >= 15 is 0 Å². The van der Waals surface area contributed by atoms with E-state index in [1.54, 1.807) is 41.5 Å². The van der Waals surface area contributed by atoms with Crippen LogP contribution in [0, 0.1) is 0 Å². The lowest BCUT2D eigenvalue weighted by molar-refractivity contribution is -0.137. The standard InChI is InChI=1S/C15H27NO6/c1-14(2,3)21-12(19)16(10-8-7-9-11(17)18)13(20)22-15(4,5)6/h7-10H2,1-6H3,(H,17,18). The molecule has 7 nitrogen and oxygen atoms in total. The van der Waals surface area contributed by atoms with Gasteiger partial charge in [-0.25, -0.2) is 14.5 Å². The Bertz CT molecular complexity index is 377. The fourth-order valence-electron chi connectivity index (χ4n) is 1.44. The third kappa shape index (κ3) is 10.0. The lowest BCUT2D eigenvalue weighted by Gasteiger charge is -2.28.